The number of hydrogen-bond donors (Lipinski definition) is 2. The highest BCUT2D eigenvalue weighted by Crippen LogP contribution is 2.19. The van der Waals surface area contributed by atoms with E-state index in [0.717, 1.165) is 0 Å². The van der Waals surface area contributed by atoms with Crippen molar-refractivity contribution in [2.24, 2.45) is 5.73 Å². The summed E-state index contributed by atoms with van der Waals surface area (Å²) < 4.78 is 0. The second-order valence-corrected chi connectivity index (χ2v) is 6.54. The lowest BCUT2D eigenvalue weighted by Gasteiger charge is -2.35. The predicted molar refractivity (Wildman–Crippen MR) is 103 cm³/mol. The quantitative estimate of drug-likeness (QED) is 0.847. The first-order valence-corrected chi connectivity index (χ1v) is 8.83. The number of carbonyl (C=O) groups excluding carboxylic acids is 3. The summed E-state index contributed by atoms with van der Waals surface area (Å²) in [5, 5.41) is 2.87. The Labute approximate surface area is 161 Å². The van der Waals surface area contributed by atoms with E-state index in [1.807, 2.05) is 0 Å². The molecule has 1 aliphatic rings. The molecule has 7 nitrogen and oxygen atoms in total. The average molecular weight is 387 g/mol. The topological polar surface area (TPSA) is 95.7 Å². The number of halogens is 1. The molecule has 3 rings (SSSR count). The Hall–Kier alpha value is -3.06. The number of benzene rings is 2. The van der Waals surface area contributed by atoms with Crippen LogP contribution in [0.2, 0.25) is 5.02 Å². The Kier molecular flexibility index (Phi) is 5.61. The third kappa shape index (κ3) is 4.38. The van der Waals surface area contributed by atoms with Gasteiger partial charge in [-0.05, 0) is 30.3 Å². The van der Waals surface area contributed by atoms with E-state index in [4.69, 9.17) is 17.3 Å². The number of anilines is 1. The highest BCUT2D eigenvalue weighted by atomic mass is 35.5. The van der Waals surface area contributed by atoms with Crippen molar-refractivity contribution in [3.63, 3.8) is 0 Å². The van der Waals surface area contributed by atoms with Gasteiger partial charge in [-0.2, -0.15) is 0 Å². The summed E-state index contributed by atoms with van der Waals surface area (Å²) in [4.78, 5) is 39.6. The second kappa shape index (κ2) is 8.09. The Morgan fingerprint density at radius 2 is 1.52 bits per heavy atom. The fraction of sp³-hybridized carbons (Fsp3) is 0.211. The van der Waals surface area contributed by atoms with Crippen LogP contribution in [0.15, 0.2) is 48.5 Å². The Morgan fingerprint density at radius 1 is 0.889 bits per heavy atom. The van der Waals surface area contributed by atoms with Gasteiger partial charge in [-0.3, -0.25) is 9.59 Å². The van der Waals surface area contributed by atoms with Crippen molar-refractivity contribution in [1.82, 2.24) is 9.80 Å². The van der Waals surface area contributed by atoms with E-state index in [9.17, 15) is 14.4 Å². The summed E-state index contributed by atoms with van der Waals surface area (Å²) in [6.45, 7) is 1.69. The largest absolute Gasteiger partial charge is 0.351 e. The van der Waals surface area contributed by atoms with E-state index in [2.05, 4.69) is 5.32 Å². The zero-order valence-corrected chi connectivity index (χ0v) is 15.3. The maximum atomic E-state index is 12.7. The molecule has 0 radical (unpaired) electrons. The smallest absolute Gasteiger partial charge is 0.316 e. The molecule has 0 unspecified atom stereocenters. The summed E-state index contributed by atoms with van der Waals surface area (Å²) in [6, 6.07) is 12.8. The van der Waals surface area contributed by atoms with Crippen molar-refractivity contribution in [3.05, 3.63) is 64.7 Å². The zero-order chi connectivity index (χ0) is 19.4. The van der Waals surface area contributed by atoms with E-state index in [1.54, 1.807) is 58.3 Å². The fourth-order valence-corrected chi connectivity index (χ4v) is 3.19. The van der Waals surface area contributed by atoms with Gasteiger partial charge >= 0.3 is 6.03 Å². The molecule has 3 N–H and O–H groups in total. The molecule has 0 atom stereocenters. The van der Waals surface area contributed by atoms with Crippen LogP contribution >= 0.6 is 11.6 Å². The first-order valence-electron chi connectivity index (χ1n) is 8.45. The number of nitrogens with zero attached hydrogens (tertiary/aromatic N) is 2. The zero-order valence-electron chi connectivity index (χ0n) is 14.5. The minimum Gasteiger partial charge on any atom is -0.351 e. The lowest BCUT2D eigenvalue weighted by atomic mass is 10.1. The second-order valence-electron chi connectivity index (χ2n) is 6.13. The van der Waals surface area contributed by atoms with Crippen LogP contribution in [-0.4, -0.2) is 53.8 Å². The van der Waals surface area contributed by atoms with Crippen LogP contribution in [0, 0.1) is 0 Å². The number of hydrogen-bond acceptors (Lipinski definition) is 3. The van der Waals surface area contributed by atoms with Gasteiger partial charge in [0, 0.05) is 37.4 Å². The molecule has 8 heteroatoms. The summed E-state index contributed by atoms with van der Waals surface area (Å²) in [6.07, 6.45) is 0. The molecule has 4 amide bonds. The predicted octanol–water partition coefficient (Wildman–Crippen LogP) is 2.43. The Balaban J connectivity index is 1.64. The number of nitrogens with two attached hydrogens (primary N) is 1. The third-order valence-corrected chi connectivity index (χ3v) is 4.67. The molecule has 140 valence electrons. The average Bonchev–Trinajstić information content (AvgIpc) is 2.67. The standard InChI is InChI=1S/C19H19ClN4O3/c20-16-7-2-1-6-15(16)18(26)24-10-8-23(9-11-24)17(25)13-4-3-5-14(12-13)22-19(21)27/h1-7,12H,8-11H2,(H3,21,22,27). The molecular weight excluding hydrogens is 368 g/mol. The molecule has 27 heavy (non-hydrogen) atoms. The molecule has 0 spiro atoms. The molecule has 0 aromatic heterocycles. The maximum Gasteiger partial charge on any atom is 0.316 e. The lowest BCUT2D eigenvalue weighted by molar-refractivity contribution is 0.0535. The van der Waals surface area contributed by atoms with Crippen molar-refractivity contribution < 1.29 is 14.4 Å². The number of nitrogens with one attached hydrogen (secondary N) is 1. The normalized spacial score (nSPS) is 14.0. The highest BCUT2D eigenvalue weighted by Gasteiger charge is 2.26. The van der Waals surface area contributed by atoms with E-state index in [-0.39, 0.29) is 11.8 Å². The molecule has 1 aliphatic heterocycles. The van der Waals surface area contributed by atoms with Crippen LogP contribution in [0.1, 0.15) is 20.7 Å². The summed E-state index contributed by atoms with van der Waals surface area (Å²) in [5.74, 6) is -0.298. The maximum absolute atomic E-state index is 12.7. The van der Waals surface area contributed by atoms with Gasteiger partial charge in [0.1, 0.15) is 0 Å². The van der Waals surface area contributed by atoms with Crippen LogP contribution in [0.4, 0.5) is 10.5 Å². The SMILES string of the molecule is NC(=O)Nc1cccc(C(=O)N2CCN(C(=O)c3ccccc3Cl)CC2)c1. The van der Waals surface area contributed by atoms with Gasteiger partial charge in [-0.15, -0.1) is 0 Å². The number of piperazine rings is 1. The van der Waals surface area contributed by atoms with E-state index in [1.165, 1.54) is 0 Å². The van der Waals surface area contributed by atoms with Gasteiger partial charge in [0.2, 0.25) is 0 Å². The van der Waals surface area contributed by atoms with Crippen molar-refractivity contribution >= 4 is 35.1 Å². The minimum absolute atomic E-state index is 0.139. The van der Waals surface area contributed by atoms with Gasteiger partial charge in [0.05, 0.1) is 10.6 Å². The first-order chi connectivity index (χ1) is 13.0. The molecule has 1 saturated heterocycles. The molecule has 0 bridgehead atoms. The van der Waals surface area contributed by atoms with Crippen LogP contribution in [0.25, 0.3) is 0 Å². The van der Waals surface area contributed by atoms with Crippen LogP contribution in [0.3, 0.4) is 0 Å². The Bertz CT molecular complexity index is 879. The first kappa shape index (κ1) is 18.7. The monoisotopic (exact) mass is 386 g/mol. The van der Waals surface area contributed by atoms with Gasteiger partial charge in [-0.1, -0.05) is 29.8 Å². The van der Waals surface area contributed by atoms with Gasteiger partial charge in [-0.25, -0.2) is 4.79 Å². The summed E-state index contributed by atoms with van der Waals surface area (Å²) >= 11 is 6.10. The molecule has 2 aromatic carbocycles. The summed E-state index contributed by atoms with van der Waals surface area (Å²) in [5.41, 5.74) is 6.48. The highest BCUT2D eigenvalue weighted by molar-refractivity contribution is 6.33. The van der Waals surface area contributed by atoms with Crippen molar-refractivity contribution in [1.29, 1.82) is 0 Å². The Morgan fingerprint density at radius 3 is 2.15 bits per heavy atom. The van der Waals surface area contributed by atoms with E-state index < -0.39 is 6.03 Å². The molecular formula is C19H19ClN4O3. The number of amides is 4. The van der Waals surface area contributed by atoms with E-state index >= 15 is 0 Å². The van der Waals surface area contributed by atoms with Gasteiger partial charge in [0.25, 0.3) is 11.8 Å². The van der Waals surface area contributed by atoms with Crippen LogP contribution in [0.5, 0.6) is 0 Å². The molecule has 1 fully saturated rings. The van der Waals surface area contributed by atoms with Crippen LogP contribution < -0.4 is 11.1 Å². The molecule has 2 aromatic rings. The third-order valence-electron chi connectivity index (χ3n) is 4.34. The minimum atomic E-state index is -0.689. The number of carbonyl (C=O) groups is 3. The summed E-state index contributed by atoms with van der Waals surface area (Å²) in [7, 11) is 0. The van der Waals surface area contributed by atoms with Crippen molar-refractivity contribution in [3.8, 4) is 0 Å². The van der Waals surface area contributed by atoms with Gasteiger partial charge in [0.15, 0.2) is 0 Å². The van der Waals surface area contributed by atoms with Crippen molar-refractivity contribution in [2.75, 3.05) is 31.5 Å². The van der Waals surface area contributed by atoms with E-state index in [0.29, 0.717) is 48.0 Å². The van der Waals surface area contributed by atoms with Crippen molar-refractivity contribution in [2.45, 2.75) is 0 Å². The number of primary amides is 1. The molecule has 1 heterocycles. The van der Waals surface area contributed by atoms with Crippen LogP contribution in [-0.2, 0) is 0 Å². The number of urea groups is 1. The number of rotatable bonds is 3. The molecule has 0 saturated carbocycles. The fourth-order valence-electron chi connectivity index (χ4n) is 2.97. The molecule has 0 aliphatic carbocycles. The van der Waals surface area contributed by atoms with Gasteiger partial charge < -0.3 is 20.9 Å². The lowest BCUT2D eigenvalue weighted by Crippen LogP contribution is -2.50.